The number of thiophene rings is 1. The lowest BCUT2D eigenvalue weighted by molar-refractivity contribution is -0.136. The van der Waals surface area contributed by atoms with Crippen molar-refractivity contribution in [2.24, 2.45) is 4.99 Å². The lowest BCUT2D eigenvalue weighted by Gasteiger charge is -2.24. The second-order valence-electron chi connectivity index (χ2n) is 6.00. The topological polar surface area (TPSA) is 60.7 Å². The molecule has 7 heteroatoms. The van der Waals surface area contributed by atoms with Crippen LogP contribution in [0.3, 0.4) is 0 Å². The van der Waals surface area contributed by atoms with Gasteiger partial charge in [-0.15, -0.1) is 11.3 Å². The molecule has 0 aliphatic carbocycles. The van der Waals surface area contributed by atoms with E-state index in [4.69, 9.17) is 4.74 Å². The molecular formula is C20H16N2O3S2. The molecule has 0 radical (unpaired) electrons. The summed E-state index contributed by atoms with van der Waals surface area (Å²) in [5.74, 6) is -0.474. The minimum atomic E-state index is -0.555. The first-order chi connectivity index (χ1) is 13.1. The summed E-state index contributed by atoms with van der Waals surface area (Å²) in [6.45, 7) is 1.78. The molecule has 0 fully saturated rings. The number of carbonyl (C=O) groups excluding carboxylic acids is 1. The van der Waals surface area contributed by atoms with Crippen LogP contribution in [0.5, 0.6) is 0 Å². The molecule has 0 bridgehead atoms. The summed E-state index contributed by atoms with van der Waals surface area (Å²) in [7, 11) is 1.34. The number of hydrogen-bond acceptors (Lipinski definition) is 6. The highest BCUT2D eigenvalue weighted by Crippen LogP contribution is 2.30. The molecule has 3 heterocycles. The molecule has 0 amide bonds. The van der Waals surface area contributed by atoms with Crippen LogP contribution in [0.15, 0.2) is 68.9 Å². The molecule has 1 atom stereocenters. The van der Waals surface area contributed by atoms with Gasteiger partial charge in [-0.2, -0.15) is 0 Å². The number of esters is 1. The van der Waals surface area contributed by atoms with E-state index in [0.29, 0.717) is 20.6 Å². The van der Waals surface area contributed by atoms with Gasteiger partial charge in [0.1, 0.15) is 0 Å². The number of allylic oxidation sites excluding steroid dienone is 1. The Morgan fingerprint density at radius 2 is 2.00 bits per heavy atom. The molecule has 4 rings (SSSR count). The summed E-state index contributed by atoms with van der Waals surface area (Å²) >= 11 is 2.90. The van der Waals surface area contributed by atoms with E-state index in [1.165, 1.54) is 18.4 Å². The van der Waals surface area contributed by atoms with Crippen LogP contribution in [0.1, 0.15) is 23.4 Å². The first kappa shape index (κ1) is 17.6. The third kappa shape index (κ3) is 3.09. The number of benzene rings is 1. The summed E-state index contributed by atoms with van der Waals surface area (Å²) in [4.78, 5) is 31.8. The molecule has 0 saturated carbocycles. The minimum Gasteiger partial charge on any atom is -0.466 e. The van der Waals surface area contributed by atoms with E-state index in [1.807, 2.05) is 53.9 Å². The van der Waals surface area contributed by atoms with Gasteiger partial charge in [0.15, 0.2) is 4.80 Å². The van der Waals surface area contributed by atoms with E-state index < -0.39 is 12.0 Å². The molecular weight excluding hydrogens is 380 g/mol. The fourth-order valence-corrected chi connectivity index (χ4v) is 4.92. The number of nitrogens with zero attached hydrogens (tertiary/aromatic N) is 2. The minimum absolute atomic E-state index is 0.157. The smallest absolute Gasteiger partial charge is 0.338 e. The van der Waals surface area contributed by atoms with Crippen LogP contribution in [0.2, 0.25) is 0 Å². The van der Waals surface area contributed by atoms with Crippen molar-refractivity contribution in [2.45, 2.75) is 13.0 Å². The number of thiazole rings is 1. The third-order valence-corrected chi connectivity index (χ3v) is 6.16. The van der Waals surface area contributed by atoms with Crippen LogP contribution < -0.4 is 14.9 Å². The van der Waals surface area contributed by atoms with Crippen molar-refractivity contribution in [2.75, 3.05) is 7.11 Å². The number of hydrogen-bond donors (Lipinski definition) is 0. The second kappa shape index (κ2) is 7.09. The van der Waals surface area contributed by atoms with Crippen molar-refractivity contribution in [3.63, 3.8) is 0 Å². The number of ether oxygens (including phenoxy) is 1. The van der Waals surface area contributed by atoms with Gasteiger partial charge in [-0.3, -0.25) is 9.36 Å². The van der Waals surface area contributed by atoms with Crippen LogP contribution in [0, 0.1) is 0 Å². The summed E-state index contributed by atoms with van der Waals surface area (Å²) in [5, 5.41) is 1.97. The Kier molecular flexibility index (Phi) is 4.63. The van der Waals surface area contributed by atoms with Crippen LogP contribution in [0.25, 0.3) is 6.08 Å². The molecule has 3 aromatic rings. The normalized spacial score (nSPS) is 16.8. The number of carbonyl (C=O) groups is 1. The van der Waals surface area contributed by atoms with Crippen molar-refractivity contribution in [1.82, 2.24) is 4.57 Å². The van der Waals surface area contributed by atoms with Gasteiger partial charge < -0.3 is 4.74 Å². The van der Waals surface area contributed by atoms with E-state index >= 15 is 0 Å². The summed E-state index contributed by atoms with van der Waals surface area (Å²) < 4.78 is 7.17. The Bertz CT molecular complexity index is 1200. The maximum Gasteiger partial charge on any atom is 0.338 e. The number of rotatable bonds is 3. The molecule has 5 nitrogen and oxygen atoms in total. The quantitative estimate of drug-likeness (QED) is 0.639. The maximum atomic E-state index is 13.2. The highest BCUT2D eigenvalue weighted by atomic mass is 32.1. The number of aromatic nitrogens is 1. The van der Waals surface area contributed by atoms with Crippen molar-refractivity contribution < 1.29 is 9.53 Å². The summed E-state index contributed by atoms with van der Waals surface area (Å²) in [6.07, 6.45) is 1.87. The lowest BCUT2D eigenvalue weighted by Crippen LogP contribution is -2.39. The molecule has 1 unspecified atom stereocenters. The van der Waals surface area contributed by atoms with Gasteiger partial charge in [0.05, 0.1) is 29.0 Å². The van der Waals surface area contributed by atoms with Crippen LogP contribution in [-0.4, -0.2) is 17.6 Å². The van der Waals surface area contributed by atoms with Gasteiger partial charge >= 0.3 is 5.97 Å². The largest absolute Gasteiger partial charge is 0.466 e. The van der Waals surface area contributed by atoms with E-state index in [9.17, 15) is 9.59 Å². The van der Waals surface area contributed by atoms with Gasteiger partial charge in [-0.05, 0) is 30.0 Å². The van der Waals surface area contributed by atoms with Crippen LogP contribution >= 0.6 is 22.7 Å². The van der Waals surface area contributed by atoms with Gasteiger partial charge in [0.25, 0.3) is 5.56 Å². The molecule has 0 N–H and O–H groups in total. The molecule has 2 aromatic heterocycles. The van der Waals surface area contributed by atoms with Crippen LogP contribution in [-0.2, 0) is 9.53 Å². The number of fused-ring (bicyclic) bond motifs is 1. The average Bonchev–Trinajstić information content (AvgIpc) is 3.29. The molecule has 1 aromatic carbocycles. The maximum absolute atomic E-state index is 13.2. The first-order valence-electron chi connectivity index (χ1n) is 8.29. The SMILES string of the molecule is COC(=O)C1=C(C)N=c2s/c(=C/c3cccs3)c(=O)n2C1c1ccccc1. The van der Waals surface area contributed by atoms with Crippen molar-refractivity contribution in [3.8, 4) is 0 Å². The van der Waals surface area contributed by atoms with E-state index in [2.05, 4.69) is 4.99 Å². The Hall–Kier alpha value is -2.77. The van der Waals surface area contributed by atoms with Gasteiger partial charge in [-0.1, -0.05) is 47.7 Å². The first-order valence-corrected chi connectivity index (χ1v) is 9.99. The zero-order valence-electron chi connectivity index (χ0n) is 14.7. The molecule has 1 aliphatic heterocycles. The van der Waals surface area contributed by atoms with E-state index in [0.717, 1.165) is 10.4 Å². The Labute approximate surface area is 163 Å². The van der Waals surface area contributed by atoms with Crippen molar-refractivity contribution >= 4 is 34.7 Å². The standard InChI is InChI=1S/C20H16N2O3S2/c1-12-16(19(24)25-2)17(13-7-4-3-5-8-13)22-18(23)15(27-20(22)21-12)11-14-9-6-10-26-14/h3-11,17H,1-2H3/b15-11+. The van der Waals surface area contributed by atoms with Gasteiger partial charge in [-0.25, -0.2) is 9.79 Å². The average molecular weight is 396 g/mol. The molecule has 136 valence electrons. The van der Waals surface area contributed by atoms with E-state index in [-0.39, 0.29) is 5.56 Å². The van der Waals surface area contributed by atoms with E-state index in [1.54, 1.807) is 22.8 Å². The highest BCUT2D eigenvalue weighted by molar-refractivity contribution is 7.11. The summed E-state index contributed by atoms with van der Waals surface area (Å²) in [6, 6.07) is 12.8. The van der Waals surface area contributed by atoms with Crippen molar-refractivity contribution in [3.05, 3.63) is 89.2 Å². The molecule has 27 heavy (non-hydrogen) atoms. The fourth-order valence-electron chi connectivity index (χ4n) is 3.15. The fraction of sp³-hybridized carbons (Fsp3) is 0.150. The third-order valence-electron chi connectivity index (χ3n) is 4.36. The zero-order chi connectivity index (χ0) is 19.0. The number of methoxy groups -OCH3 is 1. The van der Waals surface area contributed by atoms with Crippen LogP contribution in [0.4, 0.5) is 0 Å². The van der Waals surface area contributed by atoms with Crippen molar-refractivity contribution in [1.29, 1.82) is 0 Å². The Morgan fingerprint density at radius 3 is 2.67 bits per heavy atom. The Balaban J connectivity index is 2.00. The monoisotopic (exact) mass is 396 g/mol. The lowest BCUT2D eigenvalue weighted by atomic mass is 9.96. The highest BCUT2D eigenvalue weighted by Gasteiger charge is 2.32. The van der Waals surface area contributed by atoms with Gasteiger partial charge in [0.2, 0.25) is 0 Å². The second-order valence-corrected chi connectivity index (χ2v) is 7.99. The predicted molar refractivity (Wildman–Crippen MR) is 107 cm³/mol. The zero-order valence-corrected chi connectivity index (χ0v) is 16.3. The molecule has 1 aliphatic rings. The Morgan fingerprint density at radius 1 is 1.22 bits per heavy atom. The molecule has 0 spiro atoms. The predicted octanol–water partition coefficient (Wildman–Crippen LogP) is 2.47. The molecule has 0 saturated heterocycles. The van der Waals surface area contributed by atoms with Gasteiger partial charge in [0, 0.05) is 4.88 Å². The summed E-state index contributed by atoms with van der Waals surface area (Å²) in [5.41, 5.74) is 1.64.